The topological polar surface area (TPSA) is 154 Å². The van der Waals surface area contributed by atoms with Crippen LogP contribution in [-0.2, 0) is 30.2 Å². The minimum atomic E-state index is -1.10. The summed E-state index contributed by atoms with van der Waals surface area (Å²) >= 11 is 3.32. The maximum Gasteiger partial charge on any atom is 0.514 e. The highest BCUT2D eigenvalue weighted by atomic mass is 127. The van der Waals surface area contributed by atoms with Gasteiger partial charge in [-0.25, -0.2) is 9.78 Å². The minimum absolute atomic E-state index is 0.127. The smallest absolute Gasteiger partial charge is 0.427 e. The van der Waals surface area contributed by atoms with Gasteiger partial charge in [-0.1, -0.05) is 71.1 Å². The Balaban J connectivity index is 1.74. The van der Waals surface area contributed by atoms with E-state index in [4.69, 9.17) is 18.9 Å². The van der Waals surface area contributed by atoms with Gasteiger partial charge >= 0.3 is 6.16 Å². The number of benzene rings is 2. The van der Waals surface area contributed by atoms with Crippen LogP contribution < -0.4 is 20.7 Å². The molecule has 248 valence electrons. The predicted octanol–water partition coefficient (Wildman–Crippen LogP) is 3.85. The van der Waals surface area contributed by atoms with Gasteiger partial charge in [0.25, 0.3) is 5.91 Å². The molecule has 46 heavy (non-hydrogen) atoms. The van der Waals surface area contributed by atoms with Crippen molar-refractivity contribution in [2.75, 3.05) is 31.9 Å². The number of aromatic nitrogens is 1. The molecule has 3 aromatic rings. The molecule has 3 rings (SSSR count). The summed E-state index contributed by atoms with van der Waals surface area (Å²) in [5.41, 5.74) is -0.0638. The first-order valence-electron chi connectivity index (χ1n) is 14.4. The molecule has 0 aliphatic carbocycles. The molecule has 3 N–H and O–H groups in total. The zero-order valence-electron chi connectivity index (χ0n) is 26.1. The Morgan fingerprint density at radius 2 is 1.48 bits per heavy atom. The first kappa shape index (κ1) is 36.9. The van der Waals surface area contributed by atoms with Crippen LogP contribution in [0, 0.1) is 6.92 Å². The Kier molecular flexibility index (Phi) is 14.8. The quantitative estimate of drug-likeness (QED) is 0.0805. The molecular weight excluding hydrogens is 727 g/mol. The first-order chi connectivity index (χ1) is 22.1. The van der Waals surface area contributed by atoms with E-state index in [1.165, 1.54) is 31.8 Å². The zero-order valence-corrected chi connectivity index (χ0v) is 29.1. The Bertz CT molecular complexity index is 1430. The van der Waals surface area contributed by atoms with E-state index in [2.05, 4.69) is 43.5 Å². The number of para-hydroxylation sites is 1. The maximum atomic E-state index is 13.7. The second-order valence-corrected chi connectivity index (χ2v) is 12.7. The van der Waals surface area contributed by atoms with Crippen LogP contribution in [-0.4, -0.2) is 84.4 Å². The zero-order chi connectivity index (χ0) is 33.5. The van der Waals surface area contributed by atoms with Gasteiger partial charge in [0.05, 0.1) is 24.4 Å². The minimum Gasteiger partial charge on any atom is -0.427 e. The predicted molar refractivity (Wildman–Crippen MR) is 181 cm³/mol. The molecule has 3 amide bonds. The monoisotopic (exact) mass is 766 g/mol. The molecule has 0 saturated carbocycles. The molecule has 0 fully saturated rings. The SMILES string of the molecule is COC[C@H](NC(=O)c1cnc(C)s1)C(=O)N[C@@H](COC)C(=O)N[C@@H](Cc1ccccc1)CC(C)(CI)OC(=O)Oc1ccccc1. The first-order valence-corrected chi connectivity index (χ1v) is 16.8. The molecule has 2 aromatic carbocycles. The van der Waals surface area contributed by atoms with Crippen molar-refractivity contribution < 1.29 is 38.1 Å². The molecule has 1 unspecified atom stereocenters. The van der Waals surface area contributed by atoms with E-state index in [0.29, 0.717) is 26.5 Å². The van der Waals surface area contributed by atoms with Crippen LogP contribution in [0.4, 0.5) is 4.79 Å². The van der Waals surface area contributed by atoms with Crippen LogP contribution >= 0.6 is 33.9 Å². The summed E-state index contributed by atoms with van der Waals surface area (Å²) in [5.74, 6) is -1.28. The molecule has 4 atom stereocenters. The Labute approximate surface area is 286 Å². The van der Waals surface area contributed by atoms with Gasteiger partial charge in [0.15, 0.2) is 0 Å². The number of thiazole rings is 1. The van der Waals surface area contributed by atoms with E-state index in [1.807, 2.05) is 30.3 Å². The molecule has 14 heteroatoms. The Morgan fingerprint density at radius 3 is 2.04 bits per heavy atom. The van der Waals surface area contributed by atoms with E-state index in [1.54, 1.807) is 44.2 Å². The number of amides is 3. The fourth-order valence-electron chi connectivity index (χ4n) is 4.49. The third-order valence-corrected chi connectivity index (χ3v) is 9.20. The second-order valence-electron chi connectivity index (χ2n) is 10.7. The average Bonchev–Trinajstić information content (AvgIpc) is 3.47. The van der Waals surface area contributed by atoms with Crippen LogP contribution in [0.25, 0.3) is 0 Å². The fraction of sp³-hybridized carbons (Fsp3) is 0.406. The van der Waals surface area contributed by atoms with Gasteiger partial charge in [0.1, 0.15) is 28.3 Å². The number of aryl methyl sites for hydroxylation is 1. The number of methoxy groups -OCH3 is 2. The lowest BCUT2D eigenvalue weighted by Crippen LogP contribution is -2.58. The summed E-state index contributed by atoms with van der Waals surface area (Å²) < 4.78 is 22.0. The van der Waals surface area contributed by atoms with Gasteiger partial charge in [0, 0.05) is 31.1 Å². The lowest BCUT2D eigenvalue weighted by Gasteiger charge is -2.32. The van der Waals surface area contributed by atoms with Gasteiger partial charge in [-0.15, -0.1) is 11.3 Å². The molecule has 0 bridgehead atoms. The molecule has 12 nitrogen and oxygen atoms in total. The highest BCUT2D eigenvalue weighted by Crippen LogP contribution is 2.24. The Hall–Kier alpha value is -3.60. The van der Waals surface area contributed by atoms with Gasteiger partial charge < -0.3 is 34.9 Å². The standard InChI is InChI=1S/C32H39IN4O8S/c1-21-34-17-27(46-21)30(40)37-26(19-43-4)29(39)36-25(18-42-3)28(38)35-23(15-22-11-7-5-8-12-22)16-32(2,20-33)45-31(41)44-24-13-9-6-10-14-24/h5-14,17,23,25-26H,15-16,18-20H2,1-4H3,(H,35,38)(H,36,39)(H,37,40)/t23-,25-,26-,32?/m0/s1. The third-order valence-electron chi connectivity index (χ3n) is 6.67. The number of nitrogens with one attached hydrogen (secondary N) is 3. The van der Waals surface area contributed by atoms with Gasteiger partial charge in [-0.2, -0.15) is 0 Å². The average molecular weight is 767 g/mol. The van der Waals surface area contributed by atoms with E-state index < -0.39 is 47.6 Å². The van der Waals surface area contributed by atoms with Gasteiger partial charge in [-0.05, 0) is 38.0 Å². The van der Waals surface area contributed by atoms with Gasteiger partial charge in [-0.3, -0.25) is 14.4 Å². The number of carbonyl (C=O) groups excluding carboxylic acids is 4. The summed E-state index contributed by atoms with van der Waals surface area (Å²) in [6.07, 6.45) is 1.23. The third kappa shape index (κ3) is 12.0. The van der Waals surface area contributed by atoms with Crippen molar-refractivity contribution in [2.45, 2.75) is 50.4 Å². The van der Waals surface area contributed by atoms with Crippen LogP contribution in [0.2, 0.25) is 0 Å². The summed E-state index contributed by atoms with van der Waals surface area (Å²) in [6.45, 7) is 3.27. The largest absolute Gasteiger partial charge is 0.514 e. The van der Waals surface area contributed by atoms with Crippen molar-refractivity contribution >= 4 is 57.8 Å². The van der Waals surface area contributed by atoms with E-state index in [0.717, 1.165) is 5.56 Å². The number of nitrogens with zero attached hydrogens (tertiary/aromatic N) is 1. The number of halogens is 1. The summed E-state index contributed by atoms with van der Waals surface area (Å²) in [6, 6.07) is 15.4. The fourth-order valence-corrected chi connectivity index (χ4v) is 5.64. The molecular formula is C32H39IN4O8S. The number of ether oxygens (including phenoxy) is 4. The van der Waals surface area contributed by atoms with Crippen molar-refractivity contribution in [3.05, 3.63) is 82.3 Å². The molecule has 0 aliphatic rings. The molecule has 0 radical (unpaired) electrons. The normalized spacial score (nSPS) is 14.2. The maximum absolute atomic E-state index is 13.7. The Morgan fingerprint density at radius 1 is 0.891 bits per heavy atom. The van der Waals surface area contributed by atoms with Crippen molar-refractivity contribution in [3.8, 4) is 5.75 Å². The van der Waals surface area contributed by atoms with Crippen LogP contribution in [0.15, 0.2) is 66.9 Å². The molecule has 0 aliphatic heterocycles. The summed E-state index contributed by atoms with van der Waals surface area (Å²) in [5, 5.41) is 9.04. The van der Waals surface area contributed by atoms with Gasteiger partial charge in [0.2, 0.25) is 11.8 Å². The van der Waals surface area contributed by atoms with Crippen molar-refractivity contribution in [2.24, 2.45) is 0 Å². The second kappa shape index (κ2) is 18.5. The number of hydrogen-bond acceptors (Lipinski definition) is 10. The van der Waals surface area contributed by atoms with Crippen LogP contribution in [0.1, 0.15) is 33.6 Å². The van der Waals surface area contributed by atoms with E-state index in [9.17, 15) is 19.2 Å². The highest BCUT2D eigenvalue weighted by Gasteiger charge is 2.35. The summed E-state index contributed by atoms with van der Waals surface area (Å²) in [4.78, 5) is 56.8. The lowest BCUT2D eigenvalue weighted by atomic mass is 9.93. The van der Waals surface area contributed by atoms with Crippen molar-refractivity contribution in [1.82, 2.24) is 20.9 Å². The number of rotatable bonds is 17. The lowest BCUT2D eigenvalue weighted by molar-refractivity contribution is -0.132. The molecule has 0 saturated heterocycles. The highest BCUT2D eigenvalue weighted by molar-refractivity contribution is 14.1. The van der Waals surface area contributed by atoms with Crippen LogP contribution in [0.5, 0.6) is 5.75 Å². The van der Waals surface area contributed by atoms with Crippen LogP contribution in [0.3, 0.4) is 0 Å². The van der Waals surface area contributed by atoms with E-state index >= 15 is 0 Å². The summed E-state index contributed by atoms with van der Waals surface area (Å²) in [7, 11) is 2.81. The molecule has 0 spiro atoms. The van der Waals surface area contributed by atoms with Crippen molar-refractivity contribution in [3.63, 3.8) is 0 Å². The number of hydrogen-bond donors (Lipinski definition) is 3. The number of alkyl halides is 1. The van der Waals surface area contributed by atoms with E-state index in [-0.39, 0.29) is 19.6 Å². The van der Waals surface area contributed by atoms with Crippen molar-refractivity contribution in [1.29, 1.82) is 0 Å². The number of carbonyl (C=O) groups is 4. The molecule has 1 aromatic heterocycles. The molecule has 1 heterocycles.